The van der Waals surface area contributed by atoms with E-state index in [0.29, 0.717) is 0 Å². The van der Waals surface area contributed by atoms with Gasteiger partial charge in [0.2, 0.25) is 0 Å². The molecule has 0 N–H and O–H groups in total. The van der Waals surface area contributed by atoms with Crippen LogP contribution in [0.15, 0.2) is 134 Å². The van der Waals surface area contributed by atoms with Gasteiger partial charge in [-0.2, -0.15) is 5.10 Å². The Labute approximate surface area is 366 Å². The molecule has 10 rings (SSSR count). The molecule has 0 spiro atoms. The maximum Gasteiger partial charge on any atom is 0.137 e. The van der Waals surface area contributed by atoms with Gasteiger partial charge >= 0.3 is 0 Å². The summed E-state index contributed by atoms with van der Waals surface area (Å²) < 4.78 is 4.54. The van der Waals surface area contributed by atoms with E-state index in [4.69, 9.17) is 10.1 Å². The number of nitrogens with zero attached hydrogens (tertiary/aromatic N) is 5. The Morgan fingerprint density at radius 3 is 1.87 bits per heavy atom. The molecule has 0 bridgehead atoms. The lowest BCUT2D eigenvalue weighted by molar-refractivity contribution is 0.588. The van der Waals surface area contributed by atoms with Crippen LogP contribution < -0.4 is 4.90 Å². The average molecular weight is 810 g/mol. The maximum absolute atomic E-state index is 5.30. The van der Waals surface area contributed by atoms with Gasteiger partial charge in [0.05, 0.1) is 40.0 Å². The molecule has 1 aliphatic heterocycles. The van der Waals surface area contributed by atoms with Crippen molar-refractivity contribution in [2.45, 2.75) is 87.0 Å². The Kier molecular flexibility index (Phi) is 9.01. The van der Waals surface area contributed by atoms with Gasteiger partial charge in [-0.1, -0.05) is 119 Å². The topological polar surface area (TPSA) is 38.9 Å². The van der Waals surface area contributed by atoms with E-state index in [0.717, 1.165) is 45.2 Å². The molecule has 0 fully saturated rings. The summed E-state index contributed by atoms with van der Waals surface area (Å²) >= 11 is 0. The number of hydrogen-bond acceptors (Lipinski definition) is 3. The van der Waals surface area contributed by atoms with Gasteiger partial charge in [-0.3, -0.25) is 4.57 Å². The Bertz CT molecular complexity index is 3230. The SMILES string of the molecule is Cc1cc(C)c(-c2cnn(-c3ccc4c(c3)N(c3ccc5c6ccccc6n(-c6cc(C(C)(C)C)ccn6)c5c3)c3ccccc3C4(C)C)c2-c2c(C)cc(C)cc2C)c(C)c1. The van der Waals surface area contributed by atoms with Crippen molar-refractivity contribution in [3.8, 4) is 33.9 Å². The summed E-state index contributed by atoms with van der Waals surface area (Å²) in [7, 11) is 0. The zero-order valence-electron chi connectivity index (χ0n) is 37.9. The molecule has 3 aromatic heterocycles. The van der Waals surface area contributed by atoms with E-state index in [2.05, 4.69) is 218 Å². The molecule has 0 atom stereocenters. The predicted octanol–water partition coefficient (Wildman–Crippen LogP) is 15.0. The first kappa shape index (κ1) is 39.4. The second kappa shape index (κ2) is 14.2. The second-order valence-corrected chi connectivity index (χ2v) is 19.3. The molecule has 0 saturated carbocycles. The van der Waals surface area contributed by atoms with Gasteiger partial charge in [-0.25, -0.2) is 9.67 Å². The average Bonchev–Trinajstić information content (AvgIpc) is 3.79. The fourth-order valence-electron chi connectivity index (χ4n) is 10.6. The highest BCUT2D eigenvalue weighted by atomic mass is 15.3. The molecule has 9 aromatic rings. The van der Waals surface area contributed by atoms with Crippen molar-refractivity contribution in [3.05, 3.63) is 184 Å². The molecule has 0 unspecified atom stereocenters. The van der Waals surface area contributed by atoms with Crippen LogP contribution in [0.5, 0.6) is 0 Å². The number of para-hydroxylation sites is 2. The molecule has 4 heterocycles. The Morgan fingerprint density at radius 1 is 0.548 bits per heavy atom. The molecule has 0 aliphatic carbocycles. The molecular formula is C57H55N5. The van der Waals surface area contributed by atoms with Crippen molar-refractivity contribution in [2.24, 2.45) is 0 Å². The number of aromatic nitrogens is 4. The van der Waals surface area contributed by atoms with E-state index in [-0.39, 0.29) is 10.8 Å². The first-order valence-electron chi connectivity index (χ1n) is 21.9. The molecular weight excluding hydrogens is 755 g/mol. The van der Waals surface area contributed by atoms with Crippen LogP contribution in [0, 0.1) is 41.5 Å². The van der Waals surface area contributed by atoms with Crippen LogP contribution in [0.4, 0.5) is 17.1 Å². The van der Waals surface area contributed by atoms with Crippen LogP contribution in [0.25, 0.3) is 55.7 Å². The summed E-state index contributed by atoms with van der Waals surface area (Å²) in [5.74, 6) is 0.923. The molecule has 5 nitrogen and oxygen atoms in total. The minimum absolute atomic E-state index is 0.0167. The highest BCUT2D eigenvalue weighted by Crippen LogP contribution is 2.53. The third-order valence-electron chi connectivity index (χ3n) is 13.3. The van der Waals surface area contributed by atoms with Gasteiger partial charge in [0.1, 0.15) is 5.82 Å². The van der Waals surface area contributed by atoms with Gasteiger partial charge in [-0.05, 0) is 140 Å². The largest absolute Gasteiger partial charge is 0.310 e. The van der Waals surface area contributed by atoms with Crippen molar-refractivity contribution < 1.29 is 0 Å². The van der Waals surface area contributed by atoms with Crippen molar-refractivity contribution in [2.75, 3.05) is 4.90 Å². The molecule has 0 saturated heterocycles. The van der Waals surface area contributed by atoms with Gasteiger partial charge < -0.3 is 4.90 Å². The summed E-state index contributed by atoms with van der Waals surface area (Å²) in [5, 5.41) is 7.71. The first-order valence-corrected chi connectivity index (χ1v) is 21.9. The van der Waals surface area contributed by atoms with E-state index in [1.165, 1.54) is 77.7 Å². The quantitative estimate of drug-likeness (QED) is 0.174. The molecule has 5 heteroatoms. The van der Waals surface area contributed by atoms with Crippen LogP contribution in [0.2, 0.25) is 0 Å². The smallest absolute Gasteiger partial charge is 0.137 e. The fraction of sp³-hybridized carbons (Fsp3) is 0.228. The van der Waals surface area contributed by atoms with E-state index < -0.39 is 0 Å². The normalized spacial score (nSPS) is 13.5. The zero-order valence-corrected chi connectivity index (χ0v) is 37.9. The zero-order chi connectivity index (χ0) is 43.4. The number of fused-ring (bicyclic) bond motifs is 5. The Balaban J connectivity index is 1.23. The number of pyridine rings is 1. The van der Waals surface area contributed by atoms with Crippen LogP contribution in [0.1, 0.15) is 84.7 Å². The first-order chi connectivity index (χ1) is 29.6. The minimum Gasteiger partial charge on any atom is -0.310 e. The molecule has 6 aromatic carbocycles. The van der Waals surface area contributed by atoms with Crippen molar-refractivity contribution in [3.63, 3.8) is 0 Å². The summed E-state index contributed by atoms with van der Waals surface area (Å²) in [5.41, 5.74) is 22.5. The summed E-state index contributed by atoms with van der Waals surface area (Å²) in [6, 6.07) is 45.2. The van der Waals surface area contributed by atoms with Crippen LogP contribution in [-0.4, -0.2) is 19.3 Å². The maximum atomic E-state index is 5.30. The summed E-state index contributed by atoms with van der Waals surface area (Å²) in [4.78, 5) is 7.48. The highest BCUT2D eigenvalue weighted by Gasteiger charge is 2.37. The standard InChI is InChI=1S/C57H55N5/c1-34-26-36(3)53(37(4)27-34)45-33-59-62(55(45)54-38(5)28-35(2)29-39(54)6)42-21-23-47-51(32-42)60(49-19-15-13-17-46(49)57(47,10)11)41-20-22-44-43-16-12-14-18-48(43)61(50(44)31-41)52-30-40(24-25-58-52)56(7,8)9/h12-33H,1-11H3. The van der Waals surface area contributed by atoms with Crippen LogP contribution in [-0.2, 0) is 10.8 Å². The van der Waals surface area contributed by atoms with Gasteiger partial charge in [0, 0.05) is 39.2 Å². The lowest BCUT2D eigenvalue weighted by atomic mass is 9.73. The third-order valence-corrected chi connectivity index (χ3v) is 13.3. The number of rotatable bonds is 5. The number of anilines is 3. The molecule has 0 amide bonds. The van der Waals surface area contributed by atoms with Crippen LogP contribution >= 0.6 is 0 Å². The Hall–Kier alpha value is -6.72. The lowest BCUT2D eigenvalue weighted by Gasteiger charge is -2.42. The van der Waals surface area contributed by atoms with Crippen molar-refractivity contribution >= 4 is 38.9 Å². The van der Waals surface area contributed by atoms with Crippen molar-refractivity contribution in [1.82, 2.24) is 19.3 Å². The minimum atomic E-state index is -0.254. The van der Waals surface area contributed by atoms with Gasteiger partial charge in [0.25, 0.3) is 0 Å². The van der Waals surface area contributed by atoms with E-state index in [1.54, 1.807) is 0 Å². The summed E-state index contributed by atoms with van der Waals surface area (Å²) in [6.07, 6.45) is 4.04. The van der Waals surface area contributed by atoms with Crippen LogP contribution in [0.3, 0.4) is 0 Å². The molecule has 0 radical (unpaired) electrons. The van der Waals surface area contributed by atoms with E-state index >= 15 is 0 Å². The monoisotopic (exact) mass is 809 g/mol. The van der Waals surface area contributed by atoms with E-state index in [1.807, 2.05) is 6.20 Å². The van der Waals surface area contributed by atoms with Gasteiger partial charge in [-0.15, -0.1) is 0 Å². The third kappa shape index (κ3) is 6.12. The summed E-state index contributed by atoms with van der Waals surface area (Å²) in [6.45, 7) is 24.8. The second-order valence-electron chi connectivity index (χ2n) is 19.3. The Morgan fingerprint density at radius 2 is 1.16 bits per heavy atom. The molecule has 308 valence electrons. The van der Waals surface area contributed by atoms with E-state index in [9.17, 15) is 0 Å². The fourth-order valence-corrected chi connectivity index (χ4v) is 10.6. The predicted molar refractivity (Wildman–Crippen MR) is 261 cm³/mol. The van der Waals surface area contributed by atoms with Crippen molar-refractivity contribution in [1.29, 1.82) is 0 Å². The highest BCUT2D eigenvalue weighted by molar-refractivity contribution is 6.10. The molecule has 1 aliphatic rings. The van der Waals surface area contributed by atoms with Gasteiger partial charge in [0.15, 0.2) is 0 Å². The lowest BCUT2D eigenvalue weighted by Crippen LogP contribution is -2.30. The number of hydrogen-bond donors (Lipinski definition) is 0. The number of benzene rings is 6. The number of aryl methyl sites for hydroxylation is 6. The molecule has 62 heavy (non-hydrogen) atoms.